The van der Waals surface area contributed by atoms with Crippen molar-refractivity contribution < 1.29 is 9.47 Å². The zero-order valence-electron chi connectivity index (χ0n) is 13.3. The summed E-state index contributed by atoms with van der Waals surface area (Å²) < 4.78 is 13.2. The minimum absolute atomic E-state index is 0.570. The van der Waals surface area contributed by atoms with Crippen molar-refractivity contribution in [2.45, 2.75) is 33.2 Å². The maximum atomic E-state index is 7.10. The second kappa shape index (κ2) is 7.62. The Balaban J connectivity index is 2.35. The molecule has 0 aliphatic rings. The fraction of sp³-hybridized carbons (Fsp3) is 0.412. The van der Waals surface area contributed by atoms with Crippen LogP contribution in [0, 0.1) is 6.57 Å². The predicted molar refractivity (Wildman–Crippen MR) is 85.6 cm³/mol. The summed E-state index contributed by atoms with van der Waals surface area (Å²) in [4.78, 5) is 3.44. The van der Waals surface area contributed by atoms with Gasteiger partial charge >= 0.3 is 0 Å². The standard InChI is InChI=1S/C17H21N3O2/c1-5-15-17(16(6-2)20(19-15)10-11-21-4)22-14-9-7-8-13(12-14)18-3/h7-9,12H,5-6,10-11H2,1-2,4H3. The highest BCUT2D eigenvalue weighted by molar-refractivity contribution is 5.50. The summed E-state index contributed by atoms with van der Waals surface area (Å²) in [5.74, 6) is 1.48. The number of nitrogens with zero attached hydrogens (tertiary/aromatic N) is 3. The molecule has 1 aromatic carbocycles. The Hall–Kier alpha value is -2.32. The Morgan fingerprint density at radius 1 is 1.27 bits per heavy atom. The lowest BCUT2D eigenvalue weighted by molar-refractivity contribution is 0.182. The third-order valence-corrected chi connectivity index (χ3v) is 3.42. The molecule has 0 N–H and O–H groups in total. The van der Waals surface area contributed by atoms with Crippen LogP contribution in [0.3, 0.4) is 0 Å². The molecule has 2 aromatic rings. The molecule has 0 aliphatic carbocycles. The zero-order valence-corrected chi connectivity index (χ0v) is 13.3. The van der Waals surface area contributed by atoms with E-state index in [2.05, 4.69) is 23.8 Å². The Kier molecular flexibility index (Phi) is 5.56. The second-order valence-electron chi connectivity index (χ2n) is 4.86. The molecule has 0 fully saturated rings. The number of ether oxygens (including phenoxy) is 2. The van der Waals surface area contributed by atoms with Crippen LogP contribution in [0.15, 0.2) is 24.3 Å². The van der Waals surface area contributed by atoms with Crippen LogP contribution in [0.1, 0.15) is 25.2 Å². The number of hydrogen-bond acceptors (Lipinski definition) is 3. The van der Waals surface area contributed by atoms with Gasteiger partial charge in [0, 0.05) is 7.11 Å². The Labute approximate surface area is 131 Å². The molecule has 5 nitrogen and oxygen atoms in total. The summed E-state index contributed by atoms with van der Waals surface area (Å²) in [6, 6.07) is 7.21. The SMILES string of the molecule is [C-]#[N+]c1cccc(Oc2c(CC)nn(CCOC)c2CC)c1. The van der Waals surface area contributed by atoms with E-state index in [1.807, 2.05) is 16.8 Å². The molecule has 2 rings (SSSR count). The number of hydrogen-bond donors (Lipinski definition) is 0. The summed E-state index contributed by atoms with van der Waals surface area (Å²) in [5.41, 5.74) is 2.56. The fourth-order valence-electron chi connectivity index (χ4n) is 2.32. The highest BCUT2D eigenvalue weighted by Crippen LogP contribution is 2.32. The van der Waals surface area contributed by atoms with Crippen molar-refractivity contribution in [3.05, 3.63) is 47.1 Å². The topological polar surface area (TPSA) is 40.6 Å². The monoisotopic (exact) mass is 299 g/mol. The Morgan fingerprint density at radius 3 is 2.73 bits per heavy atom. The van der Waals surface area contributed by atoms with Gasteiger partial charge in [-0.05, 0) is 25.0 Å². The quantitative estimate of drug-likeness (QED) is 0.726. The minimum atomic E-state index is 0.570. The van der Waals surface area contributed by atoms with E-state index >= 15 is 0 Å². The summed E-state index contributed by atoms with van der Waals surface area (Å²) in [6.45, 7) is 12.6. The Bertz CT molecular complexity index is 671. The van der Waals surface area contributed by atoms with Crippen molar-refractivity contribution in [1.82, 2.24) is 9.78 Å². The van der Waals surface area contributed by atoms with Crippen LogP contribution in [0.2, 0.25) is 0 Å². The molecular formula is C17H21N3O2. The first-order chi connectivity index (χ1) is 10.7. The van der Waals surface area contributed by atoms with Crippen molar-refractivity contribution in [3.8, 4) is 11.5 Å². The van der Waals surface area contributed by atoms with E-state index in [1.165, 1.54) is 0 Å². The number of aryl methyl sites for hydroxylation is 1. The molecule has 22 heavy (non-hydrogen) atoms. The van der Waals surface area contributed by atoms with Gasteiger partial charge in [-0.1, -0.05) is 26.0 Å². The molecule has 0 spiro atoms. The molecule has 0 unspecified atom stereocenters. The van der Waals surface area contributed by atoms with Crippen molar-refractivity contribution in [2.24, 2.45) is 0 Å². The Morgan fingerprint density at radius 2 is 2.09 bits per heavy atom. The van der Waals surface area contributed by atoms with Gasteiger partial charge in [-0.2, -0.15) is 5.10 Å². The molecule has 1 aromatic heterocycles. The van der Waals surface area contributed by atoms with E-state index in [0.29, 0.717) is 24.6 Å². The van der Waals surface area contributed by atoms with Gasteiger partial charge in [0.25, 0.3) is 0 Å². The number of benzene rings is 1. The van der Waals surface area contributed by atoms with Crippen molar-refractivity contribution in [3.63, 3.8) is 0 Å². The van der Waals surface area contributed by atoms with E-state index in [1.54, 1.807) is 19.2 Å². The van der Waals surface area contributed by atoms with Gasteiger partial charge in [0.15, 0.2) is 11.4 Å². The first-order valence-corrected chi connectivity index (χ1v) is 7.46. The normalized spacial score (nSPS) is 10.5. The average Bonchev–Trinajstić information content (AvgIpc) is 2.89. The van der Waals surface area contributed by atoms with Gasteiger partial charge in [-0.25, -0.2) is 4.85 Å². The largest absolute Gasteiger partial charge is 0.455 e. The van der Waals surface area contributed by atoms with Crippen LogP contribution in [-0.4, -0.2) is 23.5 Å². The number of methoxy groups -OCH3 is 1. The highest BCUT2D eigenvalue weighted by atomic mass is 16.5. The second-order valence-corrected chi connectivity index (χ2v) is 4.86. The summed E-state index contributed by atoms with van der Waals surface area (Å²) in [7, 11) is 1.68. The number of rotatable bonds is 7. The average molecular weight is 299 g/mol. The zero-order chi connectivity index (χ0) is 15.9. The van der Waals surface area contributed by atoms with E-state index in [0.717, 1.165) is 30.0 Å². The summed E-state index contributed by atoms with van der Waals surface area (Å²) in [6.07, 6.45) is 1.62. The van der Waals surface area contributed by atoms with Crippen molar-refractivity contribution >= 4 is 5.69 Å². The smallest absolute Gasteiger partial charge is 0.190 e. The van der Waals surface area contributed by atoms with Crippen molar-refractivity contribution in [1.29, 1.82) is 0 Å². The van der Waals surface area contributed by atoms with Crippen LogP contribution >= 0.6 is 0 Å². The van der Waals surface area contributed by atoms with Crippen LogP contribution in [0.25, 0.3) is 4.85 Å². The van der Waals surface area contributed by atoms with Crippen LogP contribution in [0.4, 0.5) is 5.69 Å². The van der Waals surface area contributed by atoms with E-state index in [4.69, 9.17) is 16.0 Å². The predicted octanol–water partition coefficient (Wildman–Crippen LogP) is 4.00. The third-order valence-electron chi connectivity index (χ3n) is 3.42. The van der Waals surface area contributed by atoms with Gasteiger partial charge in [0.1, 0.15) is 11.4 Å². The molecule has 0 saturated heterocycles. The maximum Gasteiger partial charge on any atom is 0.190 e. The molecule has 0 aliphatic heterocycles. The molecule has 0 bridgehead atoms. The van der Waals surface area contributed by atoms with E-state index in [-0.39, 0.29) is 0 Å². The molecule has 0 atom stereocenters. The van der Waals surface area contributed by atoms with Gasteiger partial charge in [0.2, 0.25) is 0 Å². The van der Waals surface area contributed by atoms with Crippen molar-refractivity contribution in [2.75, 3.05) is 13.7 Å². The maximum absolute atomic E-state index is 7.10. The third kappa shape index (κ3) is 3.46. The van der Waals surface area contributed by atoms with E-state index in [9.17, 15) is 0 Å². The highest BCUT2D eigenvalue weighted by Gasteiger charge is 2.17. The molecule has 0 radical (unpaired) electrons. The molecule has 0 amide bonds. The van der Waals surface area contributed by atoms with Gasteiger partial charge < -0.3 is 9.47 Å². The number of aromatic nitrogens is 2. The molecule has 1 heterocycles. The van der Waals surface area contributed by atoms with Crippen LogP contribution < -0.4 is 4.74 Å². The minimum Gasteiger partial charge on any atom is -0.455 e. The van der Waals surface area contributed by atoms with Gasteiger partial charge in [0.05, 0.1) is 25.4 Å². The first kappa shape index (κ1) is 16.1. The lowest BCUT2D eigenvalue weighted by Gasteiger charge is -2.09. The molecule has 116 valence electrons. The van der Waals surface area contributed by atoms with Gasteiger partial charge in [-0.3, -0.25) is 4.68 Å². The summed E-state index contributed by atoms with van der Waals surface area (Å²) in [5, 5.41) is 4.63. The van der Waals surface area contributed by atoms with Crippen LogP contribution in [-0.2, 0) is 24.1 Å². The lowest BCUT2D eigenvalue weighted by Crippen LogP contribution is -2.09. The lowest BCUT2D eigenvalue weighted by atomic mass is 10.2. The van der Waals surface area contributed by atoms with E-state index < -0.39 is 0 Å². The molecule has 0 saturated carbocycles. The first-order valence-electron chi connectivity index (χ1n) is 7.46. The molecule has 5 heteroatoms. The van der Waals surface area contributed by atoms with Gasteiger partial charge in [-0.15, -0.1) is 0 Å². The fourth-order valence-corrected chi connectivity index (χ4v) is 2.32. The summed E-state index contributed by atoms with van der Waals surface area (Å²) >= 11 is 0. The molecular weight excluding hydrogens is 278 g/mol. The van der Waals surface area contributed by atoms with Crippen LogP contribution in [0.5, 0.6) is 11.5 Å².